The lowest BCUT2D eigenvalue weighted by molar-refractivity contribution is 0.322. The SMILES string of the molecule is CC=C(C)CSCCO. The molecule has 0 radical (unpaired) electrons. The van der Waals surface area contributed by atoms with Crippen molar-refractivity contribution < 1.29 is 5.11 Å². The zero-order valence-electron chi connectivity index (χ0n) is 6.05. The molecule has 2 heteroatoms. The molecule has 0 aliphatic rings. The van der Waals surface area contributed by atoms with Crippen LogP contribution in [0, 0.1) is 0 Å². The van der Waals surface area contributed by atoms with Gasteiger partial charge in [0.1, 0.15) is 0 Å². The molecule has 0 aliphatic heterocycles. The third kappa shape index (κ3) is 5.93. The summed E-state index contributed by atoms with van der Waals surface area (Å²) >= 11 is 1.77. The van der Waals surface area contributed by atoms with Crippen LogP contribution in [0.1, 0.15) is 13.8 Å². The second-order valence-corrected chi connectivity index (χ2v) is 3.02. The fraction of sp³-hybridized carbons (Fsp3) is 0.714. The van der Waals surface area contributed by atoms with Crippen LogP contribution in [-0.2, 0) is 0 Å². The lowest BCUT2D eigenvalue weighted by Gasteiger charge is -1.96. The molecule has 0 aromatic rings. The van der Waals surface area contributed by atoms with Gasteiger partial charge < -0.3 is 5.11 Å². The number of thioether (sulfide) groups is 1. The largest absolute Gasteiger partial charge is 0.396 e. The summed E-state index contributed by atoms with van der Waals surface area (Å²) in [6.45, 7) is 4.43. The zero-order valence-corrected chi connectivity index (χ0v) is 6.87. The fourth-order valence-electron chi connectivity index (χ4n) is 0.381. The summed E-state index contributed by atoms with van der Waals surface area (Å²) in [7, 11) is 0. The van der Waals surface area contributed by atoms with Crippen molar-refractivity contribution in [2.24, 2.45) is 0 Å². The topological polar surface area (TPSA) is 20.2 Å². The highest BCUT2D eigenvalue weighted by Crippen LogP contribution is 2.05. The first kappa shape index (κ1) is 9.05. The highest BCUT2D eigenvalue weighted by atomic mass is 32.2. The summed E-state index contributed by atoms with van der Waals surface area (Å²) in [6, 6.07) is 0. The van der Waals surface area contributed by atoms with Gasteiger partial charge in [0.25, 0.3) is 0 Å². The van der Waals surface area contributed by atoms with Crippen molar-refractivity contribution in [2.45, 2.75) is 13.8 Å². The number of hydrogen-bond donors (Lipinski definition) is 1. The minimum Gasteiger partial charge on any atom is -0.396 e. The van der Waals surface area contributed by atoms with Crippen LogP contribution in [-0.4, -0.2) is 23.2 Å². The van der Waals surface area contributed by atoms with Gasteiger partial charge in [-0.15, -0.1) is 0 Å². The first-order chi connectivity index (χ1) is 4.31. The van der Waals surface area contributed by atoms with Gasteiger partial charge in [-0.3, -0.25) is 0 Å². The highest BCUT2D eigenvalue weighted by molar-refractivity contribution is 7.99. The number of hydrogen-bond acceptors (Lipinski definition) is 2. The van der Waals surface area contributed by atoms with E-state index in [0.29, 0.717) is 6.61 Å². The van der Waals surface area contributed by atoms with Crippen molar-refractivity contribution in [3.63, 3.8) is 0 Å². The summed E-state index contributed by atoms with van der Waals surface area (Å²) in [5.41, 5.74) is 1.38. The Morgan fingerprint density at radius 2 is 2.33 bits per heavy atom. The average molecular weight is 146 g/mol. The summed E-state index contributed by atoms with van der Waals surface area (Å²) in [5, 5.41) is 8.41. The van der Waals surface area contributed by atoms with Crippen molar-refractivity contribution in [3.05, 3.63) is 11.6 Å². The Kier molecular flexibility index (Phi) is 6.21. The maximum atomic E-state index is 8.41. The molecule has 0 heterocycles. The Hall–Kier alpha value is 0.0500. The van der Waals surface area contributed by atoms with E-state index >= 15 is 0 Å². The number of aliphatic hydroxyl groups excluding tert-OH is 1. The molecule has 0 bridgehead atoms. The van der Waals surface area contributed by atoms with E-state index in [1.807, 2.05) is 6.92 Å². The summed E-state index contributed by atoms with van der Waals surface area (Å²) < 4.78 is 0. The summed E-state index contributed by atoms with van der Waals surface area (Å²) in [6.07, 6.45) is 2.10. The first-order valence-corrected chi connectivity index (χ1v) is 4.27. The van der Waals surface area contributed by atoms with Crippen LogP contribution in [0.4, 0.5) is 0 Å². The van der Waals surface area contributed by atoms with Gasteiger partial charge in [0.15, 0.2) is 0 Å². The maximum absolute atomic E-state index is 8.41. The predicted molar refractivity (Wildman–Crippen MR) is 43.8 cm³/mol. The lowest BCUT2D eigenvalue weighted by atomic mass is 10.3. The normalized spacial score (nSPS) is 12.1. The van der Waals surface area contributed by atoms with E-state index < -0.39 is 0 Å². The lowest BCUT2D eigenvalue weighted by Crippen LogP contribution is -1.88. The standard InChI is InChI=1S/C7H14OS/c1-3-7(2)6-9-5-4-8/h3,8H,4-6H2,1-2H3. The molecule has 0 aromatic heterocycles. The average Bonchev–Trinajstić information content (AvgIpc) is 1.89. The molecule has 0 rings (SSSR count). The van der Waals surface area contributed by atoms with Crippen molar-refractivity contribution in [1.82, 2.24) is 0 Å². The second kappa shape index (κ2) is 6.17. The molecule has 1 N–H and O–H groups in total. The number of rotatable bonds is 4. The van der Waals surface area contributed by atoms with Gasteiger partial charge in [0, 0.05) is 11.5 Å². The maximum Gasteiger partial charge on any atom is 0.0521 e. The van der Waals surface area contributed by atoms with Gasteiger partial charge in [-0.25, -0.2) is 0 Å². The van der Waals surface area contributed by atoms with Crippen LogP contribution < -0.4 is 0 Å². The highest BCUT2D eigenvalue weighted by Gasteiger charge is 1.87. The molecule has 0 aromatic carbocycles. The predicted octanol–water partition coefficient (Wildman–Crippen LogP) is 1.68. The monoisotopic (exact) mass is 146 g/mol. The Labute approximate surface area is 61.2 Å². The second-order valence-electron chi connectivity index (χ2n) is 1.91. The van der Waals surface area contributed by atoms with E-state index in [-0.39, 0.29) is 0 Å². The molecule has 1 nitrogen and oxygen atoms in total. The number of aliphatic hydroxyl groups is 1. The van der Waals surface area contributed by atoms with Crippen LogP contribution in [0.15, 0.2) is 11.6 Å². The van der Waals surface area contributed by atoms with Gasteiger partial charge in [0.05, 0.1) is 6.61 Å². The molecule has 0 saturated carbocycles. The molecule has 9 heavy (non-hydrogen) atoms. The molecule has 0 aliphatic carbocycles. The van der Waals surface area contributed by atoms with Crippen LogP contribution in [0.5, 0.6) is 0 Å². The van der Waals surface area contributed by atoms with E-state index in [4.69, 9.17) is 5.11 Å². The zero-order chi connectivity index (χ0) is 7.11. The summed E-state index contributed by atoms with van der Waals surface area (Å²) in [5.74, 6) is 1.90. The van der Waals surface area contributed by atoms with E-state index in [0.717, 1.165) is 11.5 Å². The van der Waals surface area contributed by atoms with E-state index in [9.17, 15) is 0 Å². The van der Waals surface area contributed by atoms with Crippen molar-refractivity contribution in [1.29, 1.82) is 0 Å². The molecule has 0 fully saturated rings. The Balaban J connectivity index is 3.07. The third-order valence-electron chi connectivity index (χ3n) is 1.06. The van der Waals surface area contributed by atoms with Gasteiger partial charge >= 0.3 is 0 Å². The molecule has 0 saturated heterocycles. The molecule has 0 spiro atoms. The quantitative estimate of drug-likeness (QED) is 0.481. The van der Waals surface area contributed by atoms with E-state index in [1.54, 1.807) is 11.8 Å². The third-order valence-corrected chi connectivity index (χ3v) is 2.19. The Morgan fingerprint density at radius 3 is 2.78 bits per heavy atom. The van der Waals surface area contributed by atoms with Gasteiger partial charge in [0.2, 0.25) is 0 Å². The van der Waals surface area contributed by atoms with Crippen molar-refractivity contribution in [3.8, 4) is 0 Å². The van der Waals surface area contributed by atoms with Crippen molar-refractivity contribution >= 4 is 11.8 Å². The van der Waals surface area contributed by atoms with E-state index in [2.05, 4.69) is 13.0 Å². The van der Waals surface area contributed by atoms with Gasteiger partial charge in [-0.1, -0.05) is 11.6 Å². The minimum atomic E-state index is 0.293. The van der Waals surface area contributed by atoms with Crippen LogP contribution in [0.25, 0.3) is 0 Å². The molecule has 0 unspecified atom stereocenters. The van der Waals surface area contributed by atoms with Gasteiger partial charge in [-0.05, 0) is 13.8 Å². The number of allylic oxidation sites excluding steroid dienone is 1. The fourth-order valence-corrected chi connectivity index (χ4v) is 1.14. The smallest absolute Gasteiger partial charge is 0.0521 e. The van der Waals surface area contributed by atoms with E-state index in [1.165, 1.54) is 5.57 Å². The molecule has 54 valence electrons. The van der Waals surface area contributed by atoms with Crippen molar-refractivity contribution in [2.75, 3.05) is 18.1 Å². The molecule has 0 amide bonds. The molecular weight excluding hydrogens is 132 g/mol. The summed E-state index contributed by atoms with van der Waals surface area (Å²) in [4.78, 5) is 0. The Morgan fingerprint density at radius 1 is 1.67 bits per heavy atom. The molecular formula is C7H14OS. The minimum absolute atomic E-state index is 0.293. The first-order valence-electron chi connectivity index (χ1n) is 3.11. The van der Waals surface area contributed by atoms with Crippen LogP contribution in [0.3, 0.4) is 0 Å². The molecule has 0 atom stereocenters. The Bertz CT molecular complexity index is 88.9. The van der Waals surface area contributed by atoms with Crippen LogP contribution in [0.2, 0.25) is 0 Å². The van der Waals surface area contributed by atoms with Gasteiger partial charge in [-0.2, -0.15) is 11.8 Å². The van der Waals surface area contributed by atoms with Crippen LogP contribution >= 0.6 is 11.8 Å².